The van der Waals surface area contributed by atoms with E-state index in [0.717, 1.165) is 13.1 Å². The molecule has 1 nitrogen and oxygen atoms in total. The lowest BCUT2D eigenvalue weighted by molar-refractivity contribution is 0.463. The maximum absolute atomic E-state index is 3.67. The lowest BCUT2D eigenvalue weighted by Crippen LogP contribution is -2.25. The van der Waals surface area contributed by atoms with Gasteiger partial charge >= 0.3 is 0 Å². The van der Waals surface area contributed by atoms with E-state index in [9.17, 15) is 0 Å². The molecule has 1 heterocycles. The number of hydrogen-bond donors (Lipinski definition) is 1. The molecule has 0 amide bonds. The van der Waals surface area contributed by atoms with E-state index in [1.165, 1.54) is 27.1 Å². The van der Waals surface area contributed by atoms with Crippen molar-refractivity contribution >= 4 is 27.3 Å². The average Bonchev–Trinajstić information content (AvgIpc) is 2.53. The van der Waals surface area contributed by atoms with E-state index in [4.69, 9.17) is 0 Å². The molecule has 1 N–H and O–H groups in total. The fourth-order valence-corrected chi connectivity index (χ4v) is 4.07. The van der Waals surface area contributed by atoms with Gasteiger partial charge in [0, 0.05) is 19.6 Å². The minimum Gasteiger partial charge on any atom is -0.317 e. The molecule has 0 bridgehead atoms. The summed E-state index contributed by atoms with van der Waals surface area (Å²) in [5, 5.41) is 3.48. The first-order chi connectivity index (χ1) is 7.47. The van der Waals surface area contributed by atoms with Gasteiger partial charge in [-0.15, -0.1) is 11.3 Å². The predicted octanol–water partition coefficient (Wildman–Crippen LogP) is 4.49. The minimum absolute atomic E-state index is 0.262. The number of rotatable bonds is 6. The first-order valence-corrected chi connectivity index (χ1v) is 7.55. The Labute approximate surface area is 112 Å². The molecule has 0 fully saturated rings. The number of aryl methyl sites for hydroxylation is 1. The van der Waals surface area contributed by atoms with Crippen LogP contribution in [0.3, 0.4) is 0 Å². The van der Waals surface area contributed by atoms with Gasteiger partial charge in [-0.1, -0.05) is 20.8 Å². The van der Waals surface area contributed by atoms with Crippen molar-refractivity contribution in [3.05, 3.63) is 20.3 Å². The minimum atomic E-state index is 0.262. The molecule has 1 rings (SSSR count). The first kappa shape index (κ1) is 14.2. The third-order valence-corrected chi connectivity index (χ3v) is 5.08. The molecule has 0 atom stereocenters. The molecule has 0 saturated heterocycles. The molecular weight excluding hydrogens is 282 g/mol. The summed E-state index contributed by atoms with van der Waals surface area (Å²) in [5.74, 6) is 0. The van der Waals surface area contributed by atoms with Crippen molar-refractivity contribution in [2.24, 2.45) is 0 Å². The van der Waals surface area contributed by atoms with Crippen molar-refractivity contribution < 1.29 is 0 Å². The van der Waals surface area contributed by atoms with Crippen molar-refractivity contribution in [3.63, 3.8) is 0 Å². The zero-order valence-electron chi connectivity index (χ0n) is 10.7. The summed E-state index contributed by atoms with van der Waals surface area (Å²) in [6.45, 7) is 11.3. The molecule has 0 aliphatic rings. The normalized spacial score (nSPS) is 12.1. The second-order valence-electron chi connectivity index (χ2n) is 4.92. The number of halogens is 1. The number of hydrogen-bond acceptors (Lipinski definition) is 2. The largest absolute Gasteiger partial charge is 0.317 e. The molecule has 1 aromatic rings. The van der Waals surface area contributed by atoms with E-state index in [1.807, 2.05) is 11.3 Å². The van der Waals surface area contributed by atoms with Crippen LogP contribution in [0, 0.1) is 6.92 Å². The van der Waals surface area contributed by atoms with Gasteiger partial charge < -0.3 is 5.32 Å². The summed E-state index contributed by atoms with van der Waals surface area (Å²) in [6.07, 6.45) is 2.40. The molecule has 0 aliphatic carbocycles. The zero-order chi connectivity index (χ0) is 12.2. The van der Waals surface area contributed by atoms with Gasteiger partial charge in [-0.05, 0) is 54.9 Å². The van der Waals surface area contributed by atoms with Gasteiger partial charge in [-0.2, -0.15) is 0 Å². The first-order valence-electron chi connectivity index (χ1n) is 5.94. The summed E-state index contributed by atoms with van der Waals surface area (Å²) in [6, 6.07) is 2.22. The van der Waals surface area contributed by atoms with Gasteiger partial charge in [0.15, 0.2) is 0 Å². The standard InChI is InChI=1S/C13H22BrNS/c1-5-7-15-8-6-13(3,4)12-11(14)9-10(2)16-12/h9,15H,5-8H2,1-4H3. The molecular formula is C13H22BrNS. The Kier molecular flexibility index (Phi) is 5.48. The molecule has 1 aromatic heterocycles. The quantitative estimate of drug-likeness (QED) is 0.764. The van der Waals surface area contributed by atoms with E-state index in [0.29, 0.717) is 0 Å². The molecule has 16 heavy (non-hydrogen) atoms. The van der Waals surface area contributed by atoms with Crippen LogP contribution in [0.1, 0.15) is 43.4 Å². The van der Waals surface area contributed by atoms with Crippen molar-refractivity contribution in [3.8, 4) is 0 Å². The number of thiophene rings is 1. The maximum Gasteiger partial charge on any atom is 0.0322 e. The van der Waals surface area contributed by atoms with Crippen LogP contribution in [0.4, 0.5) is 0 Å². The molecule has 0 unspecified atom stereocenters. The average molecular weight is 304 g/mol. The molecule has 0 spiro atoms. The van der Waals surface area contributed by atoms with Gasteiger partial charge in [-0.25, -0.2) is 0 Å². The van der Waals surface area contributed by atoms with Crippen LogP contribution < -0.4 is 5.32 Å². The van der Waals surface area contributed by atoms with E-state index >= 15 is 0 Å². The Hall–Kier alpha value is 0.140. The SMILES string of the molecule is CCCNCCC(C)(C)c1sc(C)cc1Br. The van der Waals surface area contributed by atoms with Gasteiger partial charge in [0.05, 0.1) is 0 Å². The highest BCUT2D eigenvalue weighted by molar-refractivity contribution is 9.10. The summed E-state index contributed by atoms with van der Waals surface area (Å²) in [5.41, 5.74) is 0.262. The van der Waals surface area contributed by atoms with Crippen molar-refractivity contribution in [2.45, 2.75) is 46.0 Å². The van der Waals surface area contributed by atoms with Gasteiger partial charge in [0.2, 0.25) is 0 Å². The van der Waals surface area contributed by atoms with Gasteiger partial charge in [0.25, 0.3) is 0 Å². The van der Waals surface area contributed by atoms with Crippen LogP contribution in [-0.2, 0) is 5.41 Å². The maximum atomic E-state index is 3.67. The Morgan fingerprint density at radius 3 is 2.56 bits per heavy atom. The Bertz CT molecular complexity index is 331. The van der Waals surface area contributed by atoms with Gasteiger partial charge in [0.1, 0.15) is 0 Å². The zero-order valence-corrected chi connectivity index (χ0v) is 13.1. The van der Waals surface area contributed by atoms with Crippen LogP contribution in [0.2, 0.25) is 0 Å². The van der Waals surface area contributed by atoms with Crippen LogP contribution >= 0.6 is 27.3 Å². The molecule has 0 aliphatic heterocycles. The van der Waals surface area contributed by atoms with E-state index in [2.05, 4.69) is 55.0 Å². The second-order valence-corrected chi connectivity index (χ2v) is 7.03. The van der Waals surface area contributed by atoms with Crippen molar-refractivity contribution in [2.75, 3.05) is 13.1 Å². The summed E-state index contributed by atoms with van der Waals surface area (Å²) in [4.78, 5) is 2.86. The number of nitrogens with one attached hydrogen (secondary N) is 1. The highest BCUT2D eigenvalue weighted by atomic mass is 79.9. The van der Waals surface area contributed by atoms with Crippen molar-refractivity contribution in [1.29, 1.82) is 0 Å². The Balaban J connectivity index is 2.59. The molecule has 0 saturated carbocycles. The monoisotopic (exact) mass is 303 g/mol. The van der Waals surface area contributed by atoms with Crippen LogP contribution in [-0.4, -0.2) is 13.1 Å². The molecule has 92 valence electrons. The van der Waals surface area contributed by atoms with E-state index < -0.39 is 0 Å². The fourth-order valence-electron chi connectivity index (χ4n) is 1.76. The highest BCUT2D eigenvalue weighted by Crippen LogP contribution is 2.38. The molecule has 3 heteroatoms. The topological polar surface area (TPSA) is 12.0 Å². The molecule has 0 aromatic carbocycles. The van der Waals surface area contributed by atoms with E-state index in [-0.39, 0.29) is 5.41 Å². The predicted molar refractivity (Wildman–Crippen MR) is 77.6 cm³/mol. The van der Waals surface area contributed by atoms with E-state index in [1.54, 1.807) is 0 Å². The highest BCUT2D eigenvalue weighted by Gasteiger charge is 2.24. The lowest BCUT2D eigenvalue weighted by Gasteiger charge is -2.24. The molecule has 0 radical (unpaired) electrons. The van der Waals surface area contributed by atoms with Crippen LogP contribution in [0.25, 0.3) is 0 Å². The summed E-state index contributed by atoms with van der Waals surface area (Å²) < 4.78 is 1.27. The Morgan fingerprint density at radius 2 is 2.06 bits per heavy atom. The van der Waals surface area contributed by atoms with Gasteiger partial charge in [-0.3, -0.25) is 0 Å². The summed E-state index contributed by atoms with van der Waals surface area (Å²) in [7, 11) is 0. The van der Waals surface area contributed by atoms with Crippen LogP contribution in [0.5, 0.6) is 0 Å². The lowest BCUT2D eigenvalue weighted by atomic mass is 9.87. The summed E-state index contributed by atoms with van der Waals surface area (Å²) >= 11 is 5.58. The fraction of sp³-hybridized carbons (Fsp3) is 0.692. The Morgan fingerprint density at radius 1 is 1.38 bits per heavy atom. The second kappa shape index (κ2) is 6.18. The van der Waals surface area contributed by atoms with Crippen molar-refractivity contribution in [1.82, 2.24) is 5.32 Å². The smallest absolute Gasteiger partial charge is 0.0322 e. The third-order valence-electron chi connectivity index (χ3n) is 2.78. The third kappa shape index (κ3) is 3.86. The van der Waals surface area contributed by atoms with Crippen LogP contribution in [0.15, 0.2) is 10.5 Å².